The summed E-state index contributed by atoms with van der Waals surface area (Å²) in [7, 11) is 3.98. The third kappa shape index (κ3) is 4.71. The Hall–Kier alpha value is -4.38. The standard InChI is InChI=1S/C32H34N8O2S/c1-19(41)28-29(22-13-23-10-11-24(14-22)39(23)32(42)38-17-27(37(2)3)43-18-38)36-31-25(16-35-40(31)30(28)33)21-9-12-26(34-15-21)20-7-5-4-6-8-20/h4-9,12,15-17,22-24H,10-11,13-14,18,33H2,1-3H3/t22?,23-,24+. The number of fused-ring (bicyclic) bond motifs is 3. The fourth-order valence-corrected chi connectivity index (χ4v) is 7.70. The van der Waals surface area contributed by atoms with E-state index in [0.717, 1.165) is 53.1 Å². The number of pyridine rings is 1. The number of amides is 2. The Balaban J connectivity index is 1.21. The van der Waals surface area contributed by atoms with E-state index >= 15 is 0 Å². The van der Waals surface area contributed by atoms with Crippen molar-refractivity contribution < 1.29 is 9.59 Å². The van der Waals surface area contributed by atoms with Crippen LogP contribution in [-0.2, 0) is 0 Å². The second kappa shape index (κ2) is 10.7. The molecule has 43 heavy (non-hydrogen) atoms. The third-order valence-corrected chi connectivity index (χ3v) is 10.0. The zero-order valence-electron chi connectivity index (χ0n) is 24.5. The molecule has 0 radical (unpaired) electrons. The molecule has 2 fully saturated rings. The molecule has 11 heteroatoms. The summed E-state index contributed by atoms with van der Waals surface area (Å²) in [6.45, 7) is 1.53. The van der Waals surface area contributed by atoms with Crippen LogP contribution >= 0.6 is 11.8 Å². The Morgan fingerprint density at radius 3 is 2.37 bits per heavy atom. The van der Waals surface area contributed by atoms with Gasteiger partial charge < -0.3 is 15.5 Å². The van der Waals surface area contributed by atoms with Crippen LogP contribution in [0.1, 0.15) is 54.6 Å². The van der Waals surface area contributed by atoms with Gasteiger partial charge >= 0.3 is 6.03 Å². The number of carbonyl (C=O) groups is 2. The number of nitrogens with two attached hydrogens (primary N) is 1. The van der Waals surface area contributed by atoms with E-state index in [-0.39, 0.29) is 29.8 Å². The van der Waals surface area contributed by atoms with Crippen molar-refractivity contribution in [3.8, 4) is 22.4 Å². The zero-order chi connectivity index (χ0) is 29.8. The second-order valence-corrected chi connectivity index (χ2v) is 12.7. The van der Waals surface area contributed by atoms with Gasteiger partial charge in [0.2, 0.25) is 0 Å². The van der Waals surface area contributed by atoms with Gasteiger partial charge in [-0.05, 0) is 38.7 Å². The molecule has 2 saturated heterocycles. The molecule has 7 rings (SSSR count). The van der Waals surface area contributed by atoms with E-state index in [0.29, 0.717) is 28.6 Å². The first-order valence-electron chi connectivity index (χ1n) is 14.6. The lowest BCUT2D eigenvalue weighted by Gasteiger charge is -2.40. The number of ketones is 1. The maximum absolute atomic E-state index is 13.6. The molecule has 3 aliphatic rings. The second-order valence-electron chi connectivity index (χ2n) is 11.8. The molecule has 3 atom stereocenters. The molecule has 10 nitrogen and oxygen atoms in total. The van der Waals surface area contributed by atoms with Crippen LogP contribution in [0, 0.1) is 0 Å². The fraction of sp³-hybridized carbons (Fsp3) is 0.344. The van der Waals surface area contributed by atoms with Crippen LogP contribution in [0.2, 0.25) is 0 Å². The quantitative estimate of drug-likeness (QED) is 0.304. The van der Waals surface area contributed by atoms with Gasteiger partial charge in [-0.2, -0.15) is 9.61 Å². The van der Waals surface area contributed by atoms with Gasteiger partial charge in [0, 0.05) is 61.2 Å². The highest BCUT2D eigenvalue weighted by Crippen LogP contribution is 2.45. The summed E-state index contributed by atoms with van der Waals surface area (Å²) >= 11 is 1.67. The highest BCUT2D eigenvalue weighted by atomic mass is 32.2. The average molecular weight is 595 g/mol. The lowest BCUT2D eigenvalue weighted by molar-refractivity contribution is 0.101. The number of carbonyl (C=O) groups excluding carboxylic acids is 2. The van der Waals surface area contributed by atoms with Gasteiger partial charge in [0.05, 0.1) is 34.1 Å². The fourth-order valence-electron chi connectivity index (χ4n) is 6.79. The van der Waals surface area contributed by atoms with Gasteiger partial charge in [-0.15, -0.1) is 0 Å². The highest BCUT2D eigenvalue weighted by Gasteiger charge is 2.46. The molecule has 0 spiro atoms. The van der Waals surface area contributed by atoms with Gasteiger partial charge in [0.25, 0.3) is 0 Å². The number of nitrogen functional groups attached to an aromatic ring is 1. The van der Waals surface area contributed by atoms with Gasteiger partial charge in [-0.3, -0.25) is 14.7 Å². The average Bonchev–Trinajstić information content (AvgIpc) is 3.74. The number of hydrogen-bond acceptors (Lipinski definition) is 8. The number of benzene rings is 1. The maximum Gasteiger partial charge on any atom is 0.325 e. The van der Waals surface area contributed by atoms with Crippen molar-refractivity contribution in [3.63, 3.8) is 0 Å². The Morgan fingerprint density at radius 1 is 1.00 bits per heavy atom. The minimum absolute atomic E-state index is 0.00918. The summed E-state index contributed by atoms with van der Waals surface area (Å²) in [5.41, 5.74) is 12.0. The Bertz CT molecular complexity index is 1740. The van der Waals surface area contributed by atoms with Crippen molar-refractivity contribution in [2.24, 2.45) is 0 Å². The summed E-state index contributed by atoms with van der Waals surface area (Å²) < 4.78 is 1.56. The SMILES string of the molecule is CC(=O)c1c(C2C[C@H]3CC[C@@H](C2)N3C(=O)N2C=C(N(C)C)SC2)nc2c(-c3ccc(-c4ccccc4)nc3)cnn2c1N. The van der Waals surface area contributed by atoms with Crippen LogP contribution in [-0.4, -0.2) is 78.2 Å². The third-order valence-electron chi connectivity index (χ3n) is 8.85. The smallest absolute Gasteiger partial charge is 0.325 e. The van der Waals surface area contributed by atoms with Gasteiger partial charge in [-0.1, -0.05) is 48.2 Å². The van der Waals surface area contributed by atoms with Gasteiger partial charge in [0.15, 0.2) is 11.4 Å². The van der Waals surface area contributed by atoms with E-state index in [1.165, 1.54) is 6.92 Å². The lowest BCUT2D eigenvalue weighted by atomic mass is 9.85. The predicted molar refractivity (Wildman–Crippen MR) is 168 cm³/mol. The number of nitrogens with zero attached hydrogens (tertiary/aromatic N) is 7. The van der Waals surface area contributed by atoms with Crippen LogP contribution in [0.5, 0.6) is 0 Å². The molecular weight excluding hydrogens is 560 g/mol. The van der Waals surface area contributed by atoms with Crippen molar-refractivity contribution >= 4 is 35.0 Å². The molecule has 2 amide bonds. The monoisotopic (exact) mass is 594 g/mol. The molecule has 6 heterocycles. The van der Waals surface area contributed by atoms with Crippen molar-refractivity contribution in [3.05, 3.63) is 77.3 Å². The van der Waals surface area contributed by atoms with E-state index in [1.807, 2.05) is 78.8 Å². The molecule has 2 N–H and O–H groups in total. The predicted octanol–water partition coefficient (Wildman–Crippen LogP) is 5.44. The van der Waals surface area contributed by atoms with Crippen LogP contribution in [0.15, 0.2) is 66.1 Å². The number of thioether (sulfide) groups is 1. The van der Waals surface area contributed by atoms with E-state index in [2.05, 4.69) is 10.00 Å². The first kappa shape index (κ1) is 27.5. The van der Waals surface area contributed by atoms with Gasteiger partial charge in [-0.25, -0.2) is 9.78 Å². The van der Waals surface area contributed by atoms with E-state index < -0.39 is 0 Å². The Morgan fingerprint density at radius 2 is 1.74 bits per heavy atom. The normalized spacial score (nSPS) is 21.4. The number of anilines is 1. The number of rotatable bonds is 5. The minimum Gasteiger partial charge on any atom is -0.383 e. The number of hydrogen-bond donors (Lipinski definition) is 1. The summed E-state index contributed by atoms with van der Waals surface area (Å²) in [6.07, 6.45) is 8.89. The molecule has 3 aromatic heterocycles. The molecule has 0 aliphatic carbocycles. The molecule has 3 aliphatic heterocycles. The van der Waals surface area contributed by atoms with Crippen LogP contribution in [0.4, 0.5) is 10.6 Å². The highest BCUT2D eigenvalue weighted by molar-refractivity contribution is 8.03. The number of urea groups is 1. The molecule has 0 saturated carbocycles. The maximum atomic E-state index is 13.6. The van der Waals surface area contributed by atoms with Crippen molar-refractivity contribution in [1.82, 2.24) is 34.3 Å². The van der Waals surface area contributed by atoms with Gasteiger partial charge in [0.1, 0.15) is 5.82 Å². The lowest BCUT2D eigenvalue weighted by Crippen LogP contribution is -2.50. The summed E-state index contributed by atoms with van der Waals surface area (Å²) in [5.74, 6) is 0.804. The molecule has 4 aromatic rings. The number of Topliss-reactive ketones (excluding diaryl/α,β-unsaturated/α-hetero) is 1. The molecule has 2 bridgehead atoms. The molecule has 220 valence electrons. The Kier molecular flexibility index (Phi) is 6.84. The number of aromatic nitrogens is 4. The van der Waals surface area contributed by atoms with Crippen LogP contribution in [0.25, 0.3) is 28.0 Å². The van der Waals surface area contributed by atoms with E-state index in [9.17, 15) is 9.59 Å². The first-order chi connectivity index (χ1) is 20.8. The van der Waals surface area contributed by atoms with Crippen LogP contribution in [0.3, 0.4) is 0 Å². The number of piperidine rings is 1. The van der Waals surface area contributed by atoms with Crippen molar-refractivity contribution in [2.45, 2.75) is 50.6 Å². The molecule has 1 aromatic carbocycles. The first-order valence-corrected chi connectivity index (χ1v) is 15.6. The van der Waals surface area contributed by atoms with E-state index in [1.54, 1.807) is 22.5 Å². The minimum atomic E-state index is -0.130. The summed E-state index contributed by atoms with van der Waals surface area (Å²) in [5, 5.41) is 5.60. The molecule has 1 unspecified atom stereocenters. The van der Waals surface area contributed by atoms with E-state index in [4.69, 9.17) is 15.7 Å². The topological polar surface area (TPSA) is 113 Å². The largest absolute Gasteiger partial charge is 0.383 e. The van der Waals surface area contributed by atoms with Crippen molar-refractivity contribution in [1.29, 1.82) is 0 Å². The summed E-state index contributed by atoms with van der Waals surface area (Å²) in [6, 6.07) is 14.3. The molecular formula is C32H34N8O2S. The van der Waals surface area contributed by atoms with Crippen molar-refractivity contribution in [2.75, 3.05) is 25.7 Å². The van der Waals surface area contributed by atoms with Crippen LogP contribution < -0.4 is 5.73 Å². The summed E-state index contributed by atoms with van der Waals surface area (Å²) in [4.78, 5) is 42.3. The zero-order valence-corrected chi connectivity index (χ0v) is 25.3. The Labute approximate surface area is 254 Å².